The topological polar surface area (TPSA) is 38.7 Å². The van der Waals surface area contributed by atoms with E-state index >= 15 is 0 Å². The quantitative estimate of drug-likeness (QED) is 0.138. The van der Waals surface area contributed by atoms with Gasteiger partial charge in [0.25, 0.3) is 0 Å². The summed E-state index contributed by atoms with van der Waals surface area (Å²) in [4.78, 5) is 4.66. The smallest absolute Gasteiger partial charge is 0.0944 e. The van der Waals surface area contributed by atoms with Crippen molar-refractivity contribution in [2.75, 3.05) is 0 Å². The summed E-state index contributed by atoms with van der Waals surface area (Å²) < 4.78 is 0. The Morgan fingerprint density at radius 3 is 2.00 bits per heavy atom. The monoisotopic (exact) mass is 495 g/mol. The zero-order valence-corrected chi connectivity index (χ0v) is 24.8. The zero-order chi connectivity index (χ0) is 25.1. The first kappa shape index (κ1) is 29.7. The van der Waals surface area contributed by atoms with E-state index in [-0.39, 0.29) is 9.52 Å². The van der Waals surface area contributed by atoms with Gasteiger partial charge < -0.3 is 0 Å². The normalized spacial score (nSPS) is 13.5. The van der Waals surface area contributed by atoms with E-state index in [1.54, 1.807) is 0 Å². The number of hydrogen-bond donors (Lipinski definition) is 0. The van der Waals surface area contributed by atoms with Crippen LogP contribution in [-0.2, 0) is 6.42 Å². The van der Waals surface area contributed by atoms with Gasteiger partial charge in [-0.15, -0.1) is 0 Å². The van der Waals surface area contributed by atoms with E-state index in [1.807, 2.05) is 6.20 Å². The zero-order valence-electron chi connectivity index (χ0n) is 23.4. The minimum atomic E-state index is -0.331. The van der Waals surface area contributed by atoms with Crippen molar-refractivity contribution in [3.8, 4) is 11.3 Å². The second-order valence-corrected chi connectivity index (χ2v) is 12.8. The van der Waals surface area contributed by atoms with Gasteiger partial charge in [-0.25, -0.2) is 0 Å². The van der Waals surface area contributed by atoms with Gasteiger partial charge in [-0.2, -0.15) is 10.2 Å². The molecule has 0 saturated carbocycles. The van der Waals surface area contributed by atoms with E-state index < -0.39 is 0 Å². The molecule has 0 bridgehead atoms. The molecule has 3 nitrogen and oxygen atoms in total. The van der Waals surface area contributed by atoms with Crippen molar-refractivity contribution in [3.05, 3.63) is 36.2 Å². The van der Waals surface area contributed by atoms with Crippen molar-refractivity contribution in [2.24, 2.45) is 11.8 Å². The van der Waals surface area contributed by atoms with Gasteiger partial charge in [-0.3, -0.25) is 4.98 Å². The van der Waals surface area contributed by atoms with Crippen molar-refractivity contribution in [1.29, 1.82) is 0 Å². The lowest BCUT2D eigenvalue weighted by molar-refractivity contribution is 0.430. The highest BCUT2D eigenvalue weighted by Crippen LogP contribution is 2.19. The maximum Gasteiger partial charge on any atom is 0.0944 e. The van der Waals surface area contributed by atoms with Crippen molar-refractivity contribution in [1.82, 2.24) is 15.2 Å². The minimum absolute atomic E-state index is 0.331. The molecule has 2 rings (SSSR count). The number of aryl methyl sites for hydroxylation is 1. The standard InChI is InChI=1S/C31H53N3Si/c1-5-7-9-10-15-19-29-21-20-28(24-32-29)30-22-23-31(34-33-30)35-25-27(4)18-14-11-13-17-26(3)16-12-8-6-2/h20-24,26-27H,5-19,25,35H2,1-4H3. The third kappa shape index (κ3) is 13.4. The Kier molecular flexibility index (Phi) is 15.8. The van der Waals surface area contributed by atoms with Gasteiger partial charge >= 0.3 is 0 Å². The predicted molar refractivity (Wildman–Crippen MR) is 156 cm³/mol. The maximum absolute atomic E-state index is 4.66. The lowest BCUT2D eigenvalue weighted by Gasteiger charge is -2.12. The summed E-state index contributed by atoms with van der Waals surface area (Å²) in [6.45, 7) is 9.43. The van der Waals surface area contributed by atoms with Gasteiger partial charge in [0.2, 0.25) is 0 Å². The molecule has 0 aromatic carbocycles. The molecule has 2 aromatic rings. The Bertz CT molecular complexity index is 760. The first-order valence-corrected chi connectivity index (χ1v) is 16.6. The van der Waals surface area contributed by atoms with Gasteiger partial charge in [0.15, 0.2) is 0 Å². The summed E-state index contributed by atoms with van der Waals surface area (Å²) in [5.74, 6) is 1.74. The van der Waals surface area contributed by atoms with Crippen molar-refractivity contribution >= 4 is 14.8 Å². The molecule has 4 heteroatoms. The van der Waals surface area contributed by atoms with E-state index in [4.69, 9.17) is 0 Å². The molecule has 0 amide bonds. The van der Waals surface area contributed by atoms with Crippen LogP contribution in [0.3, 0.4) is 0 Å². The van der Waals surface area contributed by atoms with Crippen molar-refractivity contribution in [3.63, 3.8) is 0 Å². The average molecular weight is 496 g/mol. The largest absolute Gasteiger partial charge is 0.261 e. The van der Waals surface area contributed by atoms with Gasteiger partial charge in [-0.1, -0.05) is 117 Å². The molecule has 0 aliphatic carbocycles. The summed E-state index contributed by atoms with van der Waals surface area (Å²) in [6.07, 6.45) is 22.2. The second-order valence-electron chi connectivity index (χ2n) is 11.0. The Morgan fingerprint density at radius 2 is 1.34 bits per heavy atom. The number of nitrogens with zero attached hydrogens (tertiary/aromatic N) is 3. The highest BCUT2D eigenvalue weighted by Gasteiger charge is 2.08. The first-order valence-electron chi connectivity index (χ1n) is 14.9. The SMILES string of the molecule is CCCCCCCc1ccc(-c2ccc([SiH2]CC(C)CCCCCC(C)CCCCC)nn2)cn1. The van der Waals surface area contributed by atoms with Crippen LogP contribution >= 0.6 is 0 Å². The minimum Gasteiger partial charge on any atom is -0.261 e. The lowest BCUT2D eigenvalue weighted by Crippen LogP contribution is -2.21. The highest BCUT2D eigenvalue weighted by molar-refractivity contribution is 6.52. The predicted octanol–water partition coefficient (Wildman–Crippen LogP) is 8.07. The van der Waals surface area contributed by atoms with Gasteiger partial charge in [0, 0.05) is 22.8 Å². The number of unbranched alkanes of at least 4 members (excludes halogenated alkanes) is 8. The fraction of sp³-hybridized carbons (Fsp3) is 0.710. The first-order chi connectivity index (χ1) is 17.1. The summed E-state index contributed by atoms with van der Waals surface area (Å²) in [5, 5.41) is 10.3. The van der Waals surface area contributed by atoms with Gasteiger partial charge in [0.05, 0.1) is 15.2 Å². The molecular formula is C31H53N3Si. The summed E-state index contributed by atoms with van der Waals surface area (Å²) in [5.41, 5.74) is 3.22. The van der Waals surface area contributed by atoms with Crippen LogP contribution in [0.5, 0.6) is 0 Å². The molecule has 0 radical (unpaired) electrons. The highest BCUT2D eigenvalue weighted by atomic mass is 28.2. The third-order valence-electron chi connectivity index (χ3n) is 7.46. The van der Waals surface area contributed by atoms with Crippen LogP contribution in [0.15, 0.2) is 30.5 Å². The van der Waals surface area contributed by atoms with Crippen LogP contribution in [-0.4, -0.2) is 24.7 Å². The molecule has 2 heterocycles. The molecule has 0 N–H and O–H groups in total. The Labute approximate surface area is 219 Å². The number of pyridine rings is 1. The molecule has 0 spiro atoms. The van der Waals surface area contributed by atoms with E-state index in [0.29, 0.717) is 0 Å². The van der Waals surface area contributed by atoms with Crippen LogP contribution < -0.4 is 5.32 Å². The summed E-state index contributed by atoms with van der Waals surface area (Å²) >= 11 is 0. The molecule has 0 saturated heterocycles. The second kappa shape index (κ2) is 18.7. The summed E-state index contributed by atoms with van der Waals surface area (Å²) in [6, 6.07) is 10.0. The molecule has 2 unspecified atom stereocenters. The Hall–Kier alpha value is -1.55. The van der Waals surface area contributed by atoms with E-state index in [2.05, 4.69) is 67.1 Å². The summed E-state index contributed by atoms with van der Waals surface area (Å²) in [7, 11) is -0.331. The fourth-order valence-corrected chi connectivity index (χ4v) is 6.40. The molecule has 0 aliphatic heterocycles. The van der Waals surface area contributed by atoms with Crippen LogP contribution in [0.4, 0.5) is 0 Å². The van der Waals surface area contributed by atoms with E-state index in [0.717, 1.165) is 29.5 Å². The van der Waals surface area contributed by atoms with Gasteiger partial charge in [-0.05, 0) is 48.9 Å². The van der Waals surface area contributed by atoms with Crippen LogP contribution in [0.2, 0.25) is 6.04 Å². The van der Waals surface area contributed by atoms with Crippen LogP contribution in [0.1, 0.15) is 123 Å². The Balaban J connectivity index is 1.61. The lowest BCUT2D eigenvalue weighted by atomic mass is 9.96. The molecule has 196 valence electrons. The van der Waals surface area contributed by atoms with Crippen LogP contribution in [0, 0.1) is 11.8 Å². The van der Waals surface area contributed by atoms with Crippen molar-refractivity contribution < 1.29 is 0 Å². The number of aromatic nitrogens is 3. The van der Waals surface area contributed by atoms with E-state index in [1.165, 1.54) is 107 Å². The molecule has 35 heavy (non-hydrogen) atoms. The van der Waals surface area contributed by atoms with Gasteiger partial charge in [0.1, 0.15) is 0 Å². The van der Waals surface area contributed by atoms with Crippen LogP contribution in [0.25, 0.3) is 11.3 Å². The molecule has 2 aromatic heterocycles. The van der Waals surface area contributed by atoms with Crippen molar-refractivity contribution in [2.45, 2.75) is 130 Å². The Morgan fingerprint density at radius 1 is 0.686 bits per heavy atom. The fourth-order valence-electron chi connectivity index (χ4n) is 4.87. The van der Waals surface area contributed by atoms with E-state index in [9.17, 15) is 0 Å². The maximum atomic E-state index is 4.66. The molecular weight excluding hydrogens is 442 g/mol. The molecule has 0 fully saturated rings. The average Bonchev–Trinajstić information content (AvgIpc) is 2.88. The molecule has 0 aliphatic rings. The number of rotatable bonds is 20. The molecule has 2 atom stereocenters. The third-order valence-corrected chi connectivity index (χ3v) is 9.63. The number of hydrogen-bond acceptors (Lipinski definition) is 3.